The molecule has 16 heavy (non-hydrogen) atoms. The Hall–Kier alpha value is -0.130. The van der Waals surface area contributed by atoms with Crippen LogP contribution >= 0.6 is 0 Å². The summed E-state index contributed by atoms with van der Waals surface area (Å²) in [6.07, 6.45) is 4.16. The van der Waals surface area contributed by atoms with Crippen LogP contribution in [0, 0.1) is 5.41 Å². The minimum atomic E-state index is -2.80. The van der Waals surface area contributed by atoms with Crippen LogP contribution in [0.1, 0.15) is 26.2 Å². The number of hydrogen-bond donors (Lipinski definition) is 1. The Labute approximate surface area is 98.7 Å². The highest BCUT2D eigenvalue weighted by molar-refractivity contribution is 7.90. The van der Waals surface area contributed by atoms with Gasteiger partial charge in [0.2, 0.25) is 0 Å². The molecule has 0 radical (unpaired) electrons. The molecule has 1 N–H and O–H groups in total. The lowest BCUT2D eigenvalue weighted by molar-refractivity contribution is 0.0242. The molecule has 0 atom stereocenters. The Morgan fingerprint density at radius 3 is 2.50 bits per heavy atom. The molecular weight excluding hydrogens is 226 g/mol. The van der Waals surface area contributed by atoms with Crippen LogP contribution in [0.15, 0.2) is 0 Å². The fourth-order valence-corrected chi connectivity index (χ4v) is 2.56. The van der Waals surface area contributed by atoms with Gasteiger partial charge in [0.25, 0.3) is 0 Å². The van der Waals surface area contributed by atoms with Gasteiger partial charge >= 0.3 is 0 Å². The Kier molecular flexibility index (Phi) is 5.21. The average molecular weight is 249 g/mol. The molecule has 0 saturated carbocycles. The van der Waals surface area contributed by atoms with Crippen LogP contribution in [0.4, 0.5) is 0 Å². The van der Waals surface area contributed by atoms with E-state index >= 15 is 0 Å². The zero-order chi connectivity index (χ0) is 12.1. The molecule has 0 aromatic heterocycles. The minimum Gasteiger partial charge on any atom is -0.381 e. The van der Waals surface area contributed by atoms with Crippen LogP contribution in [0.2, 0.25) is 0 Å². The van der Waals surface area contributed by atoms with Gasteiger partial charge in [-0.25, -0.2) is 8.42 Å². The molecule has 0 unspecified atom stereocenters. The summed E-state index contributed by atoms with van der Waals surface area (Å²) in [7, 11) is -2.80. The summed E-state index contributed by atoms with van der Waals surface area (Å²) >= 11 is 0. The molecule has 1 rings (SSSR count). The molecule has 0 aromatic carbocycles. The minimum absolute atomic E-state index is 0.278. The van der Waals surface area contributed by atoms with Gasteiger partial charge in [-0.3, -0.25) is 0 Å². The zero-order valence-corrected chi connectivity index (χ0v) is 11.1. The molecule has 1 saturated heterocycles. The van der Waals surface area contributed by atoms with Crippen molar-refractivity contribution >= 4 is 9.84 Å². The summed E-state index contributed by atoms with van der Waals surface area (Å²) in [6.45, 7) is 5.70. The van der Waals surface area contributed by atoms with E-state index in [4.69, 9.17) is 4.74 Å². The van der Waals surface area contributed by atoms with Crippen molar-refractivity contribution in [3.63, 3.8) is 0 Å². The average Bonchev–Trinajstić information content (AvgIpc) is 2.16. The molecule has 0 aliphatic carbocycles. The fraction of sp³-hybridized carbons (Fsp3) is 1.00. The Morgan fingerprint density at radius 1 is 1.31 bits per heavy atom. The summed E-state index contributed by atoms with van der Waals surface area (Å²) in [5.74, 6) is 0.278. The van der Waals surface area contributed by atoms with Crippen molar-refractivity contribution < 1.29 is 13.2 Å². The quantitative estimate of drug-likeness (QED) is 0.708. The number of sulfone groups is 1. The lowest BCUT2D eigenvalue weighted by Gasteiger charge is -2.33. The highest BCUT2D eigenvalue weighted by atomic mass is 32.2. The van der Waals surface area contributed by atoms with Crippen molar-refractivity contribution in [2.24, 2.45) is 5.41 Å². The second kappa shape index (κ2) is 5.98. The molecular formula is C11H23NO3S. The fourth-order valence-electron chi connectivity index (χ4n) is 1.89. The smallest absolute Gasteiger partial charge is 0.147 e. The molecule has 1 aliphatic heterocycles. The van der Waals surface area contributed by atoms with Crippen molar-refractivity contribution in [1.29, 1.82) is 0 Å². The number of ether oxygens (including phenoxy) is 1. The highest BCUT2D eigenvalue weighted by Gasteiger charge is 2.26. The van der Waals surface area contributed by atoms with Crippen molar-refractivity contribution in [3.8, 4) is 0 Å². The van der Waals surface area contributed by atoms with Crippen molar-refractivity contribution in [1.82, 2.24) is 5.32 Å². The normalized spacial score (nSPS) is 20.9. The molecule has 1 aliphatic rings. The van der Waals surface area contributed by atoms with E-state index in [0.717, 1.165) is 39.1 Å². The van der Waals surface area contributed by atoms with Crippen LogP contribution in [0.5, 0.6) is 0 Å². The molecule has 96 valence electrons. The molecule has 0 bridgehead atoms. The number of hydrogen-bond acceptors (Lipinski definition) is 4. The van der Waals surface area contributed by atoms with Gasteiger partial charge in [-0.2, -0.15) is 0 Å². The van der Waals surface area contributed by atoms with Crippen LogP contribution in [-0.2, 0) is 14.6 Å². The van der Waals surface area contributed by atoms with E-state index in [1.807, 2.05) is 0 Å². The standard InChI is InChI=1S/C11H23NO3S/c1-11(4-7-15-8-5-11)10-12-6-3-9-16(2,13)14/h12H,3-10H2,1-2H3. The summed E-state index contributed by atoms with van der Waals surface area (Å²) in [6, 6.07) is 0. The molecule has 0 aromatic rings. The van der Waals surface area contributed by atoms with Gasteiger partial charge < -0.3 is 10.1 Å². The molecule has 1 heterocycles. The first-order valence-electron chi connectivity index (χ1n) is 5.88. The Balaban J connectivity index is 2.10. The van der Waals surface area contributed by atoms with E-state index in [2.05, 4.69) is 12.2 Å². The Morgan fingerprint density at radius 2 is 1.94 bits per heavy atom. The van der Waals surface area contributed by atoms with Crippen molar-refractivity contribution in [2.45, 2.75) is 26.2 Å². The second-order valence-corrected chi connectivity index (χ2v) is 7.34. The third-order valence-corrected chi connectivity index (χ3v) is 4.15. The first-order chi connectivity index (χ1) is 7.41. The van der Waals surface area contributed by atoms with Crippen LogP contribution < -0.4 is 5.32 Å². The van der Waals surface area contributed by atoms with Crippen molar-refractivity contribution in [2.75, 3.05) is 38.3 Å². The SMILES string of the molecule is CC1(CNCCCS(C)(=O)=O)CCOCC1. The van der Waals surface area contributed by atoms with E-state index in [1.54, 1.807) is 0 Å². The summed E-state index contributed by atoms with van der Waals surface area (Å²) in [4.78, 5) is 0. The van der Waals surface area contributed by atoms with E-state index in [-0.39, 0.29) is 5.75 Å². The monoisotopic (exact) mass is 249 g/mol. The largest absolute Gasteiger partial charge is 0.381 e. The van der Waals surface area contributed by atoms with E-state index in [1.165, 1.54) is 6.26 Å². The second-order valence-electron chi connectivity index (χ2n) is 5.08. The zero-order valence-electron chi connectivity index (χ0n) is 10.3. The lowest BCUT2D eigenvalue weighted by Crippen LogP contribution is -2.37. The summed E-state index contributed by atoms with van der Waals surface area (Å²) in [5, 5.41) is 3.35. The van der Waals surface area contributed by atoms with Gasteiger partial charge in [0, 0.05) is 26.0 Å². The maximum atomic E-state index is 10.9. The van der Waals surface area contributed by atoms with Gasteiger partial charge in [0.1, 0.15) is 9.84 Å². The summed E-state index contributed by atoms with van der Waals surface area (Å²) in [5.41, 5.74) is 0.323. The van der Waals surface area contributed by atoms with Gasteiger partial charge in [0.15, 0.2) is 0 Å². The van der Waals surface area contributed by atoms with Gasteiger partial charge in [-0.15, -0.1) is 0 Å². The van der Waals surface area contributed by atoms with E-state index in [9.17, 15) is 8.42 Å². The summed E-state index contributed by atoms with van der Waals surface area (Å²) < 4.78 is 27.2. The Bertz CT molecular complexity index is 294. The molecule has 1 fully saturated rings. The van der Waals surface area contributed by atoms with Crippen LogP contribution in [-0.4, -0.2) is 46.7 Å². The first kappa shape index (κ1) is 13.9. The molecule has 0 spiro atoms. The highest BCUT2D eigenvalue weighted by Crippen LogP contribution is 2.28. The first-order valence-corrected chi connectivity index (χ1v) is 7.94. The van der Waals surface area contributed by atoms with Crippen LogP contribution in [0.3, 0.4) is 0 Å². The number of rotatable bonds is 6. The molecule has 5 heteroatoms. The van der Waals surface area contributed by atoms with Crippen molar-refractivity contribution in [3.05, 3.63) is 0 Å². The van der Waals surface area contributed by atoms with Crippen LogP contribution in [0.25, 0.3) is 0 Å². The van der Waals surface area contributed by atoms with Gasteiger partial charge in [-0.1, -0.05) is 6.92 Å². The third kappa shape index (κ3) is 5.82. The van der Waals surface area contributed by atoms with Gasteiger partial charge in [0.05, 0.1) is 5.75 Å². The molecule has 4 nitrogen and oxygen atoms in total. The third-order valence-electron chi connectivity index (χ3n) is 3.12. The van der Waals surface area contributed by atoms with Gasteiger partial charge in [-0.05, 0) is 31.2 Å². The van der Waals surface area contributed by atoms with E-state index < -0.39 is 9.84 Å². The predicted octanol–water partition coefficient (Wildman–Crippen LogP) is 0.827. The molecule has 0 amide bonds. The van der Waals surface area contributed by atoms with E-state index in [0.29, 0.717) is 11.8 Å². The maximum Gasteiger partial charge on any atom is 0.147 e. The topological polar surface area (TPSA) is 55.4 Å². The predicted molar refractivity (Wildman–Crippen MR) is 65.4 cm³/mol. The maximum absolute atomic E-state index is 10.9. The lowest BCUT2D eigenvalue weighted by atomic mass is 9.82. The number of nitrogens with one attached hydrogen (secondary N) is 1.